The summed E-state index contributed by atoms with van der Waals surface area (Å²) in [6, 6.07) is 21.3. The van der Waals surface area contributed by atoms with E-state index in [4.69, 9.17) is 14.2 Å². The van der Waals surface area contributed by atoms with E-state index < -0.39 is 0 Å². The normalized spacial score (nSPS) is 10.8. The first-order valence-electron chi connectivity index (χ1n) is 10.7. The Balaban J connectivity index is 1.49. The Labute approximate surface area is 202 Å². The number of ether oxygens (including phenoxy) is 3. The molecular formula is C26H27BrN2O4. The molecule has 0 atom stereocenters. The monoisotopic (exact) mass is 510 g/mol. The lowest BCUT2D eigenvalue weighted by molar-refractivity contribution is -0.123. The second-order valence-electron chi connectivity index (χ2n) is 7.18. The number of carbonyl (C=O) groups is 1. The predicted molar refractivity (Wildman–Crippen MR) is 133 cm³/mol. The molecule has 0 aliphatic rings. The molecule has 1 amide bonds. The summed E-state index contributed by atoms with van der Waals surface area (Å²) in [6.45, 7) is 2.46. The number of hydrogen-bond acceptors (Lipinski definition) is 5. The highest BCUT2D eigenvalue weighted by molar-refractivity contribution is 9.10. The fourth-order valence-corrected chi connectivity index (χ4v) is 3.54. The maximum Gasteiger partial charge on any atom is 0.277 e. The van der Waals surface area contributed by atoms with E-state index in [2.05, 4.69) is 38.6 Å². The summed E-state index contributed by atoms with van der Waals surface area (Å²) >= 11 is 3.44. The van der Waals surface area contributed by atoms with E-state index in [1.807, 2.05) is 55.5 Å². The van der Waals surface area contributed by atoms with Crippen molar-refractivity contribution in [3.63, 3.8) is 0 Å². The number of nitrogens with one attached hydrogen (secondary N) is 1. The number of carbonyl (C=O) groups excluding carboxylic acids is 1. The van der Waals surface area contributed by atoms with Gasteiger partial charge in [-0.15, -0.1) is 0 Å². The molecular weight excluding hydrogens is 484 g/mol. The van der Waals surface area contributed by atoms with E-state index in [9.17, 15) is 4.79 Å². The summed E-state index contributed by atoms with van der Waals surface area (Å²) in [4.78, 5) is 12.1. The highest BCUT2D eigenvalue weighted by atomic mass is 79.9. The smallest absolute Gasteiger partial charge is 0.277 e. The van der Waals surface area contributed by atoms with Crippen molar-refractivity contribution in [1.29, 1.82) is 0 Å². The fraction of sp³-hybridized carbons (Fsp3) is 0.231. The Morgan fingerprint density at radius 3 is 2.55 bits per heavy atom. The first-order valence-corrected chi connectivity index (χ1v) is 11.5. The summed E-state index contributed by atoms with van der Waals surface area (Å²) in [5.74, 6) is 1.60. The van der Waals surface area contributed by atoms with E-state index in [1.54, 1.807) is 19.4 Å². The molecule has 7 heteroatoms. The van der Waals surface area contributed by atoms with Crippen LogP contribution in [0.15, 0.2) is 76.3 Å². The molecule has 0 heterocycles. The molecule has 0 unspecified atom stereocenters. The lowest BCUT2D eigenvalue weighted by Gasteiger charge is -2.11. The number of amides is 1. The molecule has 0 aromatic heterocycles. The van der Waals surface area contributed by atoms with Crippen molar-refractivity contribution in [2.45, 2.75) is 19.8 Å². The number of halogens is 1. The van der Waals surface area contributed by atoms with Gasteiger partial charge in [0.1, 0.15) is 5.75 Å². The Morgan fingerprint density at radius 2 is 1.79 bits per heavy atom. The minimum absolute atomic E-state index is 0.122. The number of rotatable bonds is 11. The zero-order valence-corrected chi connectivity index (χ0v) is 20.3. The van der Waals surface area contributed by atoms with E-state index in [-0.39, 0.29) is 12.5 Å². The number of hydrazone groups is 1. The van der Waals surface area contributed by atoms with Crippen LogP contribution in [0.1, 0.15) is 23.6 Å². The molecule has 6 nitrogen and oxygen atoms in total. The van der Waals surface area contributed by atoms with Gasteiger partial charge >= 0.3 is 0 Å². The standard InChI is InChI=1S/C26H27BrN2O4/c1-3-21-16-22(27)10-12-23(21)33-18-26(30)29-28-17-20-9-11-24(25(15-20)31-2)32-14-13-19-7-5-4-6-8-19/h4-12,15-17H,3,13-14,18H2,1-2H3,(H,29,30)/b28-17+. The van der Waals surface area contributed by atoms with Crippen molar-refractivity contribution in [2.75, 3.05) is 20.3 Å². The fourth-order valence-electron chi connectivity index (χ4n) is 3.13. The van der Waals surface area contributed by atoms with Crippen LogP contribution in [-0.4, -0.2) is 32.4 Å². The average molecular weight is 511 g/mol. The third-order valence-corrected chi connectivity index (χ3v) is 5.34. The van der Waals surface area contributed by atoms with Crippen LogP contribution in [-0.2, 0) is 17.6 Å². The molecule has 0 saturated carbocycles. The lowest BCUT2D eigenvalue weighted by Crippen LogP contribution is -2.24. The van der Waals surface area contributed by atoms with Crippen molar-refractivity contribution in [2.24, 2.45) is 5.10 Å². The average Bonchev–Trinajstić information content (AvgIpc) is 2.84. The van der Waals surface area contributed by atoms with Gasteiger partial charge in [0.25, 0.3) is 5.91 Å². The maximum atomic E-state index is 12.1. The van der Waals surface area contributed by atoms with Gasteiger partial charge in [0.05, 0.1) is 19.9 Å². The quantitative estimate of drug-likeness (QED) is 0.285. The van der Waals surface area contributed by atoms with Crippen LogP contribution in [0.5, 0.6) is 17.2 Å². The van der Waals surface area contributed by atoms with Crippen LogP contribution in [0.3, 0.4) is 0 Å². The molecule has 1 N–H and O–H groups in total. The molecule has 3 aromatic carbocycles. The zero-order valence-electron chi connectivity index (χ0n) is 18.7. The Kier molecular flexibility index (Phi) is 9.32. The van der Waals surface area contributed by atoms with Crippen LogP contribution in [0.4, 0.5) is 0 Å². The molecule has 3 rings (SSSR count). The molecule has 0 saturated heterocycles. The van der Waals surface area contributed by atoms with Crippen molar-refractivity contribution < 1.29 is 19.0 Å². The van der Waals surface area contributed by atoms with Crippen molar-refractivity contribution in [3.8, 4) is 17.2 Å². The lowest BCUT2D eigenvalue weighted by atomic mass is 10.1. The molecule has 0 radical (unpaired) electrons. The highest BCUT2D eigenvalue weighted by Gasteiger charge is 2.07. The van der Waals surface area contributed by atoms with Crippen molar-refractivity contribution in [1.82, 2.24) is 5.43 Å². The van der Waals surface area contributed by atoms with Crippen LogP contribution >= 0.6 is 15.9 Å². The van der Waals surface area contributed by atoms with Crippen LogP contribution in [0.2, 0.25) is 0 Å². The highest BCUT2D eigenvalue weighted by Crippen LogP contribution is 2.28. The summed E-state index contributed by atoms with van der Waals surface area (Å²) in [7, 11) is 1.59. The minimum atomic E-state index is -0.343. The largest absolute Gasteiger partial charge is 0.493 e. The van der Waals surface area contributed by atoms with Gasteiger partial charge in [-0.05, 0) is 59.5 Å². The van der Waals surface area contributed by atoms with Crippen LogP contribution < -0.4 is 19.6 Å². The number of hydrogen-bond donors (Lipinski definition) is 1. The molecule has 0 spiro atoms. The van der Waals surface area contributed by atoms with Crippen LogP contribution in [0.25, 0.3) is 0 Å². The Hall–Kier alpha value is -3.32. The van der Waals surface area contributed by atoms with Crippen molar-refractivity contribution >= 4 is 28.1 Å². The van der Waals surface area contributed by atoms with E-state index >= 15 is 0 Å². The van der Waals surface area contributed by atoms with E-state index in [1.165, 1.54) is 5.56 Å². The van der Waals surface area contributed by atoms with Gasteiger partial charge in [0.15, 0.2) is 18.1 Å². The number of nitrogens with zero attached hydrogens (tertiary/aromatic N) is 1. The third kappa shape index (κ3) is 7.64. The molecule has 33 heavy (non-hydrogen) atoms. The van der Waals surface area contributed by atoms with Crippen LogP contribution in [0, 0.1) is 0 Å². The third-order valence-electron chi connectivity index (χ3n) is 4.84. The molecule has 0 aliphatic carbocycles. The molecule has 0 aliphatic heterocycles. The summed E-state index contributed by atoms with van der Waals surface area (Å²) in [6.07, 6.45) is 3.16. The summed E-state index contributed by atoms with van der Waals surface area (Å²) in [5, 5.41) is 4.01. The van der Waals surface area contributed by atoms with Gasteiger partial charge in [-0.25, -0.2) is 5.43 Å². The number of methoxy groups -OCH3 is 1. The van der Waals surface area contributed by atoms with Crippen molar-refractivity contribution in [3.05, 3.63) is 87.9 Å². The second-order valence-corrected chi connectivity index (χ2v) is 8.10. The number of benzene rings is 3. The van der Waals surface area contributed by atoms with Gasteiger partial charge in [-0.3, -0.25) is 4.79 Å². The molecule has 3 aromatic rings. The summed E-state index contributed by atoms with van der Waals surface area (Å²) < 4.78 is 17.9. The first-order chi connectivity index (χ1) is 16.1. The predicted octanol–water partition coefficient (Wildman–Crippen LogP) is 5.17. The first kappa shape index (κ1) is 24.3. The molecule has 0 fully saturated rings. The zero-order chi connectivity index (χ0) is 23.5. The SMILES string of the molecule is CCc1cc(Br)ccc1OCC(=O)N/N=C/c1ccc(OCCc2ccccc2)c(OC)c1. The maximum absolute atomic E-state index is 12.1. The van der Waals surface area contributed by atoms with E-state index in [0.29, 0.717) is 23.9 Å². The van der Waals surface area contributed by atoms with Gasteiger partial charge in [0.2, 0.25) is 0 Å². The van der Waals surface area contributed by atoms with Gasteiger partial charge in [0, 0.05) is 10.9 Å². The minimum Gasteiger partial charge on any atom is -0.493 e. The second kappa shape index (κ2) is 12.6. The Morgan fingerprint density at radius 1 is 1.00 bits per heavy atom. The Bertz CT molecular complexity index is 1090. The topological polar surface area (TPSA) is 69.2 Å². The van der Waals surface area contributed by atoms with Gasteiger partial charge in [-0.2, -0.15) is 5.10 Å². The van der Waals surface area contributed by atoms with E-state index in [0.717, 1.165) is 28.4 Å². The summed E-state index contributed by atoms with van der Waals surface area (Å²) in [5.41, 5.74) is 5.49. The number of aryl methyl sites for hydroxylation is 1. The molecule has 0 bridgehead atoms. The van der Waals surface area contributed by atoms with Gasteiger partial charge < -0.3 is 14.2 Å². The molecule has 172 valence electrons. The van der Waals surface area contributed by atoms with Gasteiger partial charge in [-0.1, -0.05) is 53.2 Å².